The number of hydrogen-bond donors (Lipinski definition) is 4. The maximum absolute atomic E-state index is 14.0. The van der Waals surface area contributed by atoms with Crippen LogP contribution >= 0.6 is 0 Å². The molecular weight excluding hydrogens is 777 g/mol. The van der Waals surface area contributed by atoms with E-state index in [1.54, 1.807) is 48.5 Å². The third-order valence-electron chi connectivity index (χ3n) is 12.4. The van der Waals surface area contributed by atoms with Crippen LogP contribution in [0, 0.1) is 0 Å². The number of likely N-dealkylation sites (tertiary alicyclic amines) is 2. The summed E-state index contributed by atoms with van der Waals surface area (Å²) < 4.78 is 9.61. The van der Waals surface area contributed by atoms with Gasteiger partial charge in [-0.2, -0.15) is 0 Å². The number of nitrogens with one attached hydrogen (secondary N) is 4. The van der Waals surface area contributed by atoms with Crippen molar-refractivity contribution in [2.45, 2.75) is 82.0 Å². The van der Waals surface area contributed by atoms with Crippen LogP contribution < -0.4 is 21.3 Å². The van der Waals surface area contributed by atoms with Gasteiger partial charge in [-0.15, -0.1) is 0 Å². The Labute approximate surface area is 355 Å². The number of hydrogen-bond acceptors (Lipinski definition) is 8. The molecule has 6 amide bonds. The van der Waals surface area contributed by atoms with Crippen molar-refractivity contribution in [3.05, 3.63) is 119 Å². The zero-order valence-corrected chi connectivity index (χ0v) is 34.9. The summed E-state index contributed by atoms with van der Waals surface area (Å²) in [7, 11) is 2.47. The molecule has 2 heterocycles. The maximum Gasteiger partial charge on any atom is 0.407 e. The first-order chi connectivity index (χ1) is 29.5. The Morgan fingerprint density at radius 2 is 1.00 bits per heavy atom. The minimum absolute atomic E-state index is 0.314. The first-order valence-electron chi connectivity index (χ1n) is 20.8. The van der Waals surface area contributed by atoms with Gasteiger partial charge in [-0.25, -0.2) is 9.59 Å². The maximum atomic E-state index is 14.0. The van der Waals surface area contributed by atoms with Crippen molar-refractivity contribution < 1.29 is 38.2 Å². The number of rotatable bonds is 12. The molecule has 0 bridgehead atoms. The number of amides is 6. The van der Waals surface area contributed by atoms with E-state index in [1.165, 1.54) is 24.0 Å². The summed E-state index contributed by atoms with van der Waals surface area (Å²) >= 11 is 0. The molecule has 14 heteroatoms. The molecule has 4 aromatic carbocycles. The third kappa shape index (κ3) is 8.39. The second-order valence-corrected chi connectivity index (χ2v) is 15.6. The summed E-state index contributed by atoms with van der Waals surface area (Å²) in [6.45, 7) is 4.98. The van der Waals surface area contributed by atoms with Gasteiger partial charge in [0.25, 0.3) is 11.8 Å². The predicted molar refractivity (Wildman–Crippen MR) is 229 cm³/mol. The van der Waals surface area contributed by atoms with E-state index in [0.717, 1.165) is 35.1 Å². The lowest BCUT2D eigenvalue weighted by molar-refractivity contribution is -0.138. The quantitative estimate of drug-likeness (QED) is 0.120. The molecule has 318 valence electrons. The van der Waals surface area contributed by atoms with Gasteiger partial charge in [0, 0.05) is 29.9 Å². The fraction of sp³-hybridized carbons (Fsp3) is 0.362. The molecular formula is C47H52N6O8. The van der Waals surface area contributed by atoms with E-state index in [2.05, 4.69) is 35.1 Å². The number of methoxy groups -OCH3 is 2. The Hall–Kier alpha value is -6.70. The van der Waals surface area contributed by atoms with Gasteiger partial charge < -0.3 is 40.5 Å². The molecule has 2 saturated heterocycles. The largest absolute Gasteiger partial charge is 0.453 e. The Balaban J connectivity index is 1.08. The number of anilines is 2. The van der Waals surface area contributed by atoms with Gasteiger partial charge in [-0.3, -0.25) is 19.2 Å². The Morgan fingerprint density at radius 1 is 0.607 bits per heavy atom. The van der Waals surface area contributed by atoms with E-state index < -0.39 is 53.6 Å². The molecule has 4 atom stereocenters. The van der Waals surface area contributed by atoms with Gasteiger partial charge >= 0.3 is 12.2 Å². The number of alkyl carbamates (subject to hydrolysis) is 2. The van der Waals surface area contributed by atoms with E-state index in [9.17, 15) is 28.8 Å². The Kier molecular flexibility index (Phi) is 12.7. The van der Waals surface area contributed by atoms with Gasteiger partial charge in [-0.1, -0.05) is 86.6 Å². The highest BCUT2D eigenvalue weighted by molar-refractivity contribution is 6.01. The highest BCUT2D eigenvalue weighted by atomic mass is 16.5. The van der Waals surface area contributed by atoms with E-state index in [4.69, 9.17) is 9.47 Å². The smallest absolute Gasteiger partial charge is 0.407 e. The molecule has 4 N–H and O–H groups in total. The van der Waals surface area contributed by atoms with Crippen molar-refractivity contribution in [3.63, 3.8) is 0 Å². The number of nitrogens with zero attached hydrogens (tertiary/aromatic N) is 2. The number of fused-ring (bicyclic) bond motifs is 3. The third-order valence-corrected chi connectivity index (χ3v) is 12.4. The van der Waals surface area contributed by atoms with E-state index in [1.807, 2.05) is 48.5 Å². The highest BCUT2D eigenvalue weighted by Gasteiger charge is 2.43. The zero-order chi connectivity index (χ0) is 43.3. The van der Waals surface area contributed by atoms with Crippen molar-refractivity contribution in [3.8, 4) is 11.1 Å². The lowest BCUT2D eigenvalue weighted by Crippen LogP contribution is -2.48. The zero-order valence-electron chi connectivity index (χ0n) is 34.9. The van der Waals surface area contributed by atoms with Gasteiger partial charge in [0.2, 0.25) is 11.8 Å². The fourth-order valence-electron chi connectivity index (χ4n) is 9.27. The second-order valence-electron chi connectivity index (χ2n) is 15.6. The molecule has 2 aliphatic heterocycles. The molecule has 0 radical (unpaired) electrons. The summed E-state index contributed by atoms with van der Waals surface area (Å²) in [6.07, 6.45) is 2.21. The average Bonchev–Trinajstić information content (AvgIpc) is 4.05. The lowest BCUT2D eigenvalue weighted by Gasteiger charge is -2.31. The molecule has 0 aromatic heterocycles. The number of ether oxygens (including phenoxy) is 2. The van der Waals surface area contributed by atoms with Crippen LogP contribution in [0.2, 0.25) is 0 Å². The van der Waals surface area contributed by atoms with Crippen molar-refractivity contribution in [2.75, 3.05) is 37.9 Å². The van der Waals surface area contributed by atoms with E-state index in [0.29, 0.717) is 61.3 Å². The summed E-state index contributed by atoms with van der Waals surface area (Å²) in [5.74, 6) is -1.41. The second kappa shape index (κ2) is 18.3. The number of benzene rings is 4. The first-order valence-corrected chi connectivity index (χ1v) is 20.8. The van der Waals surface area contributed by atoms with Crippen LogP contribution in [-0.4, -0.2) is 85.0 Å². The molecule has 1 aliphatic carbocycles. The van der Waals surface area contributed by atoms with Crippen molar-refractivity contribution in [2.24, 2.45) is 0 Å². The van der Waals surface area contributed by atoms with E-state index in [-0.39, 0.29) is 11.8 Å². The molecule has 61 heavy (non-hydrogen) atoms. The van der Waals surface area contributed by atoms with Crippen LogP contribution in [0.5, 0.6) is 0 Å². The van der Waals surface area contributed by atoms with Gasteiger partial charge in [-0.05, 0) is 96.2 Å². The average molecular weight is 829 g/mol. The summed E-state index contributed by atoms with van der Waals surface area (Å²) in [4.78, 5) is 83.5. The SMILES string of the molecule is CCC1(CC)c2cc(NC(=O)[C@@H]3CCCN3C(=O)[C@H](NC(=O)OC)c3ccccc3)ccc2-c2ccc(NC(=O)[C@@H]3CCCN3C(=O)[C@H](NC(=O)OC)c3ccccc3)cc21. The molecule has 4 aromatic rings. The summed E-state index contributed by atoms with van der Waals surface area (Å²) in [5.41, 5.74) is 6.11. The normalized spacial score (nSPS) is 18.2. The summed E-state index contributed by atoms with van der Waals surface area (Å²) in [6, 6.07) is 26.0. The molecule has 3 aliphatic rings. The van der Waals surface area contributed by atoms with Crippen LogP contribution in [0.15, 0.2) is 97.1 Å². The predicted octanol–water partition coefficient (Wildman–Crippen LogP) is 6.83. The van der Waals surface area contributed by atoms with E-state index >= 15 is 0 Å². The Morgan fingerprint density at radius 3 is 1.36 bits per heavy atom. The molecule has 14 nitrogen and oxygen atoms in total. The van der Waals surface area contributed by atoms with Crippen LogP contribution in [0.3, 0.4) is 0 Å². The monoisotopic (exact) mass is 828 g/mol. The van der Waals surface area contributed by atoms with Crippen LogP contribution in [0.1, 0.15) is 86.7 Å². The molecule has 0 spiro atoms. The molecule has 2 fully saturated rings. The first kappa shape index (κ1) is 42.4. The molecule has 0 saturated carbocycles. The lowest BCUT2D eigenvalue weighted by atomic mass is 9.73. The van der Waals surface area contributed by atoms with Gasteiger partial charge in [0.1, 0.15) is 24.2 Å². The van der Waals surface area contributed by atoms with Crippen LogP contribution in [0.4, 0.5) is 21.0 Å². The molecule has 0 unspecified atom stereocenters. The Bertz CT molecular complexity index is 2140. The number of carbonyl (C=O) groups is 6. The minimum Gasteiger partial charge on any atom is -0.453 e. The minimum atomic E-state index is -1.02. The topological polar surface area (TPSA) is 175 Å². The van der Waals surface area contributed by atoms with Crippen molar-refractivity contribution in [1.29, 1.82) is 0 Å². The molecule has 7 rings (SSSR count). The number of carbonyl (C=O) groups excluding carboxylic acids is 6. The summed E-state index contributed by atoms with van der Waals surface area (Å²) in [5, 5.41) is 11.5. The van der Waals surface area contributed by atoms with Gasteiger partial charge in [0.05, 0.1) is 14.2 Å². The van der Waals surface area contributed by atoms with Crippen LogP contribution in [0.25, 0.3) is 11.1 Å². The van der Waals surface area contributed by atoms with Crippen molar-refractivity contribution in [1.82, 2.24) is 20.4 Å². The standard InChI is InChI=1S/C47H52N6O8/c1-5-47(6-2)35-27-31(48-41(54)37-19-13-25-52(37)43(56)39(50-45(58)60-3)29-15-9-7-10-16-29)21-23-33(35)34-24-22-32(28-36(34)47)49-42(55)38-20-14-26-53(38)44(57)40(51-46(59)61-4)30-17-11-8-12-18-30/h7-12,15-18,21-24,27-28,37-40H,5-6,13-14,19-20,25-26H2,1-4H3,(H,48,54)(H,49,55)(H,50,58)(H,51,59)/t37-,38-,39+,40+/m0/s1. The van der Waals surface area contributed by atoms with Crippen molar-refractivity contribution >= 4 is 47.2 Å². The highest BCUT2D eigenvalue weighted by Crippen LogP contribution is 2.54. The fourth-order valence-corrected chi connectivity index (χ4v) is 9.27. The van der Waals surface area contributed by atoms with Crippen LogP contribution in [-0.2, 0) is 34.1 Å². The van der Waals surface area contributed by atoms with Gasteiger partial charge in [0.15, 0.2) is 0 Å².